The number of carbonyl (C=O) groups is 1. The molecule has 1 aliphatic rings. The van der Waals surface area contributed by atoms with Gasteiger partial charge in [0, 0.05) is 12.8 Å². The lowest BCUT2D eigenvalue weighted by atomic mass is 9.99. The van der Waals surface area contributed by atoms with Gasteiger partial charge >= 0.3 is 0 Å². The number of benzene rings is 1. The Morgan fingerprint density at radius 1 is 1.35 bits per heavy atom. The van der Waals surface area contributed by atoms with Crippen molar-refractivity contribution >= 4 is 11.6 Å². The van der Waals surface area contributed by atoms with Gasteiger partial charge in [-0.1, -0.05) is 6.92 Å². The molecule has 2 rings (SSSR count). The van der Waals surface area contributed by atoms with E-state index >= 15 is 0 Å². The van der Waals surface area contributed by atoms with Crippen molar-refractivity contribution in [2.24, 2.45) is 5.92 Å². The van der Waals surface area contributed by atoms with E-state index in [-0.39, 0.29) is 5.91 Å². The van der Waals surface area contributed by atoms with Gasteiger partial charge in [-0.15, -0.1) is 0 Å². The molecule has 1 fully saturated rings. The summed E-state index contributed by atoms with van der Waals surface area (Å²) >= 11 is 0. The Hall–Kier alpha value is -1.55. The molecule has 0 heterocycles. The summed E-state index contributed by atoms with van der Waals surface area (Å²) in [5, 5.41) is 2.92. The van der Waals surface area contributed by atoms with E-state index in [9.17, 15) is 4.79 Å². The fraction of sp³-hybridized carbons (Fsp3) is 0.562. The van der Waals surface area contributed by atoms with Crippen molar-refractivity contribution in [2.45, 2.75) is 38.7 Å². The molecule has 20 heavy (non-hydrogen) atoms. The van der Waals surface area contributed by atoms with Crippen LogP contribution in [0.3, 0.4) is 0 Å². The molecule has 1 saturated carbocycles. The number of nitrogens with one attached hydrogen (secondary N) is 1. The molecule has 0 bridgehead atoms. The highest BCUT2D eigenvalue weighted by atomic mass is 16.5. The van der Waals surface area contributed by atoms with Crippen molar-refractivity contribution in [1.82, 2.24) is 0 Å². The number of carbonyl (C=O) groups excluding carboxylic acids is 1. The zero-order valence-electron chi connectivity index (χ0n) is 12.4. The first-order valence-electron chi connectivity index (χ1n) is 7.19. The van der Waals surface area contributed by atoms with Gasteiger partial charge in [-0.2, -0.15) is 0 Å². The third kappa shape index (κ3) is 3.31. The molecule has 1 aromatic rings. The molecular formula is C16H23NO3. The normalized spacial score (nSPS) is 17.4. The second kappa shape index (κ2) is 6.27. The van der Waals surface area contributed by atoms with Crippen LogP contribution in [-0.2, 0) is 9.53 Å². The van der Waals surface area contributed by atoms with E-state index in [0.717, 1.165) is 30.7 Å². The average Bonchev–Trinajstić information content (AvgIpc) is 3.30. The fourth-order valence-electron chi connectivity index (χ4n) is 2.19. The minimum absolute atomic E-state index is 0.0790. The molecule has 0 radical (unpaired) electrons. The molecule has 1 aromatic carbocycles. The van der Waals surface area contributed by atoms with E-state index in [1.54, 1.807) is 7.11 Å². The predicted molar refractivity (Wildman–Crippen MR) is 79.0 cm³/mol. The Kier molecular flexibility index (Phi) is 4.65. The van der Waals surface area contributed by atoms with Gasteiger partial charge in [0.2, 0.25) is 0 Å². The SMILES string of the molecule is CCCOc1ccc(NC(=O)[C@](C)(OC)C2CC2)cc1. The zero-order valence-corrected chi connectivity index (χ0v) is 12.4. The topological polar surface area (TPSA) is 47.6 Å². The quantitative estimate of drug-likeness (QED) is 0.832. The van der Waals surface area contributed by atoms with Crippen LogP contribution in [0.15, 0.2) is 24.3 Å². The first-order valence-corrected chi connectivity index (χ1v) is 7.19. The predicted octanol–water partition coefficient (Wildman–Crippen LogP) is 3.23. The number of rotatable bonds is 7. The van der Waals surface area contributed by atoms with Crippen molar-refractivity contribution in [3.8, 4) is 5.75 Å². The molecule has 4 nitrogen and oxygen atoms in total. The largest absolute Gasteiger partial charge is 0.494 e. The summed E-state index contributed by atoms with van der Waals surface area (Å²) in [6.07, 6.45) is 3.09. The van der Waals surface area contributed by atoms with Crippen molar-refractivity contribution in [3.05, 3.63) is 24.3 Å². The molecule has 1 N–H and O–H groups in total. The molecular weight excluding hydrogens is 254 g/mol. The van der Waals surface area contributed by atoms with E-state index in [2.05, 4.69) is 12.2 Å². The second-order valence-electron chi connectivity index (χ2n) is 5.41. The van der Waals surface area contributed by atoms with E-state index in [1.165, 1.54) is 0 Å². The van der Waals surface area contributed by atoms with Gasteiger partial charge in [-0.25, -0.2) is 0 Å². The molecule has 1 amide bonds. The minimum Gasteiger partial charge on any atom is -0.494 e. The van der Waals surface area contributed by atoms with Crippen LogP contribution in [0, 0.1) is 5.92 Å². The maximum atomic E-state index is 12.3. The van der Waals surface area contributed by atoms with Crippen LogP contribution in [0.4, 0.5) is 5.69 Å². The Morgan fingerprint density at radius 3 is 2.50 bits per heavy atom. The van der Waals surface area contributed by atoms with Crippen LogP contribution < -0.4 is 10.1 Å². The molecule has 110 valence electrons. The summed E-state index contributed by atoms with van der Waals surface area (Å²) in [4.78, 5) is 12.3. The number of hydrogen-bond donors (Lipinski definition) is 1. The summed E-state index contributed by atoms with van der Waals surface area (Å²) in [7, 11) is 1.60. The first kappa shape index (κ1) is 14.9. The number of methoxy groups -OCH3 is 1. The monoisotopic (exact) mass is 277 g/mol. The highest BCUT2D eigenvalue weighted by Gasteiger charge is 2.47. The Bertz CT molecular complexity index is 453. The number of ether oxygens (including phenoxy) is 2. The Balaban J connectivity index is 1.97. The number of hydrogen-bond acceptors (Lipinski definition) is 3. The smallest absolute Gasteiger partial charge is 0.256 e. The summed E-state index contributed by atoms with van der Waals surface area (Å²) in [5.41, 5.74) is 0.0416. The summed E-state index contributed by atoms with van der Waals surface area (Å²) in [5.74, 6) is 1.07. The fourth-order valence-corrected chi connectivity index (χ4v) is 2.19. The van der Waals surface area contributed by atoms with Gasteiger partial charge in [0.1, 0.15) is 11.4 Å². The highest BCUT2D eigenvalue weighted by Crippen LogP contribution is 2.42. The van der Waals surface area contributed by atoms with Crippen LogP contribution in [0.2, 0.25) is 0 Å². The summed E-state index contributed by atoms with van der Waals surface area (Å²) < 4.78 is 11.0. The van der Waals surface area contributed by atoms with Crippen LogP contribution in [-0.4, -0.2) is 25.2 Å². The lowest BCUT2D eigenvalue weighted by Crippen LogP contribution is -2.43. The number of amides is 1. The maximum Gasteiger partial charge on any atom is 0.256 e. The van der Waals surface area contributed by atoms with Gasteiger partial charge in [0.25, 0.3) is 5.91 Å². The molecule has 0 aromatic heterocycles. The third-order valence-electron chi connectivity index (χ3n) is 3.82. The van der Waals surface area contributed by atoms with Gasteiger partial charge in [-0.05, 0) is 56.4 Å². The molecule has 1 aliphatic carbocycles. The lowest BCUT2D eigenvalue weighted by Gasteiger charge is -2.26. The standard InChI is InChI=1S/C16H23NO3/c1-4-11-20-14-9-7-13(8-10-14)17-15(18)16(2,19-3)12-5-6-12/h7-10,12H,4-6,11H2,1-3H3,(H,17,18)/t16-/m1/s1. The van der Waals surface area contributed by atoms with Crippen LogP contribution in [0.25, 0.3) is 0 Å². The van der Waals surface area contributed by atoms with Crippen molar-refractivity contribution in [3.63, 3.8) is 0 Å². The Morgan fingerprint density at radius 2 is 2.00 bits per heavy atom. The van der Waals surface area contributed by atoms with E-state index < -0.39 is 5.60 Å². The van der Waals surface area contributed by atoms with Crippen molar-refractivity contribution < 1.29 is 14.3 Å². The van der Waals surface area contributed by atoms with Crippen LogP contribution in [0.5, 0.6) is 5.75 Å². The number of anilines is 1. The van der Waals surface area contributed by atoms with E-state index in [0.29, 0.717) is 12.5 Å². The van der Waals surface area contributed by atoms with Crippen molar-refractivity contribution in [1.29, 1.82) is 0 Å². The second-order valence-corrected chi connectivity index (χ2v) is 5.41. The summed E-state index contributed by atoms with van der Waals surface area (Å²) in [6, 6.07) is 7.44. The average molecular weight is 277 g/mol. The third-order valence-corrected chi connectivity index (χ3v) is 3.82. The van der Waals surface area contributed by atoms with Crippen LogP contribution >= 0.6 is 0 Å². The van der Waals surface area contributed by atoms with Crippen LogP contribution in [0.1, 0.15) is 33.1 Å². The van der Waals surface area contributed by atoms with Gasteiger partial charge in [0.15, 0.2) is 0 Å². The minimum atomic E-state index is -0.725. The maximum absolute atomic E-state index is 12.3. The summed E-state index contributed by atoms with van der Waals surface area (Å²) in [6.45, 7) is 4.63. The zero-order chi connectivity index (χ0) is 14.6. The molecule has 4 heteroatoms. The van der Waals surface area contributed by atoms with Gasteiger partial charge in [-0.3, -0.25) is 4.79 Å². The molecule has 1 atom stereocenters. The van der Waals surface area contributed by atoms with Gasteiger partial charge < -0.3 is 14.8 Å². The Labute approximate surface area is 120 Å². The first-order chi connectivity index (χ1) is 9.60. The van der Waals surface area contributed by atoms with Gasteiger partial charge in [0.05, 0.1) is 6.61 Å². The highest BCUT2D eigenvalue weighted by molar-refractivity contribution is 5.97. The van der Waals surface area contributed by atoms with E-state index in [4.69, 9.17) is 9.47 Å². The molecule has 0 saturated heterocycles. The molecule has 0 unspecified atom stereocenters. The molecule has 0 aliphatic heterocycles. The van der Waals surface area contributed by atoms with E-state index in [1.807, 2.05) is 31.2 Å². The molecule has 0 spiro atoms. The lowest BCUT2D eigenvalue weighted by molar-refractivity contribution is -0.138. The van der Waals surface area contributed by atoms with Crippen molar-refractivity contribution in [2.75, 3.05) is 19.0 Å².